The van der Waals surface area contributed by atoms with Gasteiger partial charge in [0.2, 0.25) is 0 Å². The van der Waals surface area contributed by atoms with Crippen molar-refractivity contribution in [3.05, 3.63) is 32.7 Å². The molecule has 0 unspecified atom stereocenters. The second-order valence-corrected chi connectivity index (χ2v) is 4.39. The standard InChI is InChI=1S/C9H6Br2O3/c10-5-1-2-7(11)6(3-5)8(12)4-9(13)14/h1-3H,4H2,(H,13,14). The highest BCUT2D eigenvalue weighted by Crippen LogP contribution is 2.22. The molecule has 0 heterocycles. The van der Waals surface area contributed by atoms with Crippen molar-refractivity contribution in [2.24, 2.45) is 0 Å². The molecule has 14 heavy (non-hydrogen) atoms. The SMILES string of the molecule is O=C(O)CC(=O)c1cc(Br)ccc1Br. The van der Waals surface area contributed by atoms with Gasteiger partial charge in [0.05, 0.1) is 0 Å². The number of rotatable bonds is 3. The number of hydrogen-bond acceptors (Lipinski definition) is 2. The largest absolute Gasteiger partial charge is 0.481 e. The monoisotopic (exact) mass is 320 g/mol. The molecule has 1 rings (SSSR count). The Morgan fingerprint density at radius 3 is 2.50 bits per heavy atom. The minimum absolute atomic E-state index is 0.377. The molecule has 0 saturated heterocycles. The quantitative estimate of drug-likeness (QED) is 0.688. The van der Waals surface area contributed by atoms with Crippen LogP contribution in [-0.4, -0.2) is 16.9 Å². The number of carbonyl (C=O) groups excluding carboxylic acids is 1. The fourth-order valence-electron chi connectivity index (χ4n) is 0.944. The minimum Gasteiger partial charge on any atom is -0.481 e. The summed E-state index contributed by atoms with van der Waals surface area (Å²) in [6.45, 7) is 0. The number of carbonyl (C=O) groups is 2. The van der Waals surface area contributed by atoms with Crippen molar-refractivity contribution in [1.82, 2.24) is 0 Å². The van der Waals surface area contributed by atoms with E-state index in [1.807, 2.05) is 0 Å². The van der Waals surface area contributed by atoms with Gasteiger partial charge in [-0.15, -0.1) is 0 Å². The van der Waals surface area contributed by atoms with Crippen LogP contribution < -0.4 is 0 Å². The van der Waals surface area contributed by atoms with Crippen molar-refractivity contribution in [2.75, 3.05) is 0 Å². The van der Waals surface area contributed by atoms with Crippen molar-refractivity contribution in [3.63, 3.8) is 0 Å². The van der Waals surface area contributed by atoms with E-state index in [4.69, 9.17) is 5.11 Å². The first-order valence-electron chi connectivity index (χ1n) is 3.70. The molecule has 0 spiro atoms. The van der Waals surface area contributed by atoms with Crippen LogP contribution in [0.25, 0.3) is 0 Å². The Morgan fingerprint density at radius 1 is 1.29 bits per heavy atom. The minimum atomic E-state index is -1.12. The Balaban J connectivity index is 3.00. The second kappa shape index (κ2) is 4.70. The Morgan fingerprint density at radius 2 is 1.93 bits per heavy atom. The zero-order valence-corrected chi connectivity index (χ0v) is 10.1. The van der Waals surface area contributed by atoms with Crippen molar-refractivity contribution >= 4 is 43.6 Å². The molecule has 0 aliphatic carbocycles. The first kappa shape index (κ1) is 11.4. The molecule has 0 aliphatic rings. The molecule has 74 valence electrons. The molecule has 0 aliphatic heterocycles. The van der Waals surface area contributed by atoms with Gasteiger partial charge in [0, 0.05) is 14.5 Å². The Kier molecular flexibility index (Phi) is 3.83. The lowest BCUT2D eigenvalue weighted by atomic mass is 10.1. The molecule has 1 aromatic rings. The van der Waals surface area contributed by atoms with Crippen molar-refractivity contribution in [2.45, 2.75) is 6.42 Å². The first-order chi connectivity index (χ1) is 6.50. The van der Waals surface area contributed by atoms with E-state index < -0.39 is 18.2 Å². The number of carboxylic acid groups (broad SMARTS) is 1. The van der Waals surface area contributed by atoms with Crippen molar-refractivity contribution in [3.8, 4) is 0 Å². The Bertz CT molecular complexity index is 388. The normalized spacial score (nSPS) is 9.86. The maximum atomic E-state index is 11.4. The molecule has 0 saturated carbocycles. The lowest BCUT2D eigenvalue weighted by molar-refractivity contribution is -0.135. The molecule has 5 heteroatoms. The van der Waals surface area contributed by atoms with Crippen molar-refractivity contribution in [1.29, 1.82) is 0 Å². The summed E-state index contributed by atoms with van der Waals surface area (Å²) >= 11 is 6.40. The molecule has 3 nitrogen and oxygen atoms in total. The average molecular weight is 322 g/mol. The number of benzene rings is 1. The van der Waals surface area contributed by atoms with Gasteiger partial charge in [0.25, 0.3) is 0 Å². The third kappa shape index (κ3) is 2.92. The molecule has 0 atom stereocenters. The summed E-state index contributed by atoms with van der Waals surface area (Å²) in [6.07, 6.45) is -0.491. The van der Waals surface area contributed by atoms with Gasteiger partial charge in [0.15, 0.2) is 5.78 Å². The van der Waals surface area contributed by atoms with Crippen LogP contribution in [0.15, 0.2) is 27.1 Å². The van der Waals surface area contributed by atoms with E-state index >= 15 is 0 Å². The molecule has 0 bridgehead atoms. The summed E-state index contributed by atoms with van der Waals surface area (Å²) in [5.74, 6) is -1.53. The van der Waals surface area contributed by atoms with Crippen LogP contribution >= 0.6 is 31.9 Å². The van der Waals surface area contributed by atoms with Crippen LogP contribution in [0.4, 0.5) is 0 Å². The van der Waals surface area contributed by atoms with Gasteiger partial charge in [-0.05, 0) is 18.2 Å². The van der Waals surface area contributed by atoms with Gasteiger partial charge in [-0.3, -0.25) is 9.59 Å². The van der Waals surface area contributed by atoms with E-state index in [1.165, 1.54) is 0 Å². The molecular weight excluding hydrogens is 316 g/mol. The van der Waals surface area contributed by atoms with Gasteiger partial charge < -0.3 is 5.11 Å². The third-order valence-corrected chi connectivity index (χ3v) is 2.73. The van der Waals surface area contributed by atoms with E-state index in [0.29, 0.717) is 10.0 Å². The number of carboxylic acids is 1. The average Bonchev–Trinajstić information content (AvgIpc) is 2.08. The first-order valence-corrected chi connectivity index (χ1v) is 5.29. The molecule has 0 amide bonds. The molecular formula is C9H6Br2O3. The molecule has 0 aromatic heterocycles. The fourth-order valence-corrected chi connectivity index (χ4v) is 1.77. The van der Waals surface area contributed by atoms with Gasteiger partial charge in [-0.25, -0.2) is 0 Å². The van der Waals surface area contributed by atoms with E-state index in [1.54, 1.807) is 18.2 Å². The third-order valence-electron chi connectivity index (χ3n) is 1.54. The van der Waals surface area contributed by atoms with Gasteiger partial charge in [-0.1, -0.05) is 31.9 Å². The zero-order chi connectivity index (χ0) is 10.7. The maximum absolute atomic E-state index is 11.4. The zero-order valence-electron chi connectivity index (χ0n) is 6.96. The fraction of sp³-hybridized carbons (Fsp3) is 0.111. The van der Waals surface area contributed by atoms with Crippen LogP contribution in [0.5, 0.6) is 0 Å². The van der Waals surface area contributed by atoms with Crippen LogP contribution in [0, 0.1) is 0 Å². The summed E-state index contributed by atoms with van der Waals surface area (Å²) in [5.41, 5.74) is 0.377. The van der Waals surface area contributed by atoms with E-state index in [-0.39, 0.29) is 0 Å². The number of aliphatic carboxylic acids is 1. The summed E-state index contributed by atoms with van der Waals surface area (Å²) in [5, 5.41) is 8.46. The lowest BCUT2D eigenvalue weighted by Gasteiger charge is -2.01. The number of Topliss-reactive ketones (excluding diaryl/α,β-unsaturated/α-hetero) is 1. The van der Waals surface area contributed by atoms with Gasteiger partial charge >= 0.3 is 5.97 Å². The molecule has 0 radical (unpaired) electrons. The number of hydrogen-bond donors (Lipinski definition) is 1. The van der Waals surface area contributed by atoms with E-state index in [0.717, 1.165) is 4.47 Å². The molecule has 1 N–H and O–H groups in total. The lowest BCUT2D eigenvalue weighted by Crippen LogP contribution is -2.07. The van der Waals surface area contributed by atoms with Gasteiger partial charge in [0.1, 0.15) is 6.42 Å². The smallest absolute Gasteiger partial charge is 0.311 e. The summed E-state index contributed by atoms with van der Waals surface area (Å²) in [6, 6.07) is 5.05. The predicted octanol–water partition coefficient (Wildman–Crippen LogP) is 2.87. The highest BCUT2D eigenvalue weighted by molar-refractivity contribution is 9.11. The highest BCUT2D eigenvalue weighted by Gasteiger charge is 2.13. The molecule has 1 aromatic carbocycles. The van der Waals surface area contributed by atoms with Gasteiger partial charge in [-0.2, -0.15) is 0 Å². The van der Waals surface area contributed by atoms with E-state index in [9.17, 15) is 9.59 Å². The van der Waals surface area contributed by atoms with Crippen molar-refractivity contribution < 1.29 is 14.7 Å². The second-order valence-electron chi connectivity index (χ2n) is 2.62. The topological polar surface area (TPSA) is 54.4 Å². The van der Waals surface area contributed by atoms with Crippen LogP contribution in [0.3, 0.4) is 0 Å². The van der Waals surface area contributed by atoms with Crippen LogP contribution in [0.1, 0.15) is 16.8 Å². The Labute approximate surface area is 97.4 Å². The summed E-state index contributed by atoms with van der Waals surface area (Å²) < 4.78 is 1.35. The molecule has 0 fully saturated rings. The Hall–Kier alpha value is -0.680. The maximum Gasteiger partial charge on any atom is 0.311 e. The van der Waals surface area contributed by atoms with E-state index in [2.05, 4.69) is 31.9 Å². The van der Waals surface area contributed by atoms with Crippen LogP contribution in [-0.2, 0) is 4.79 Å². The van der Waals surface area contributed by atoms with Crippen LogP contribution in [0.2, 0.25) is 0 Å². The summed E-state index contributed by atoms with van der Waals surface area (Å²) in [7, 11) is 0. The number of halogens is 2. The predicted molar refractivity (Wildman–Crippen MR) is 58.4 cm³/mol. The summed E-state index contributed by atoms with van der Waals surface area (Å²) in [4.78, 5) is 21.7. The highest BCUT2D eigenvalue weighted by atomic mass is 79.9. The number of ketones is 1.